The molecule has 0 saturated heterocycles. The van der Waals surface area contributed by atoms with Gasteiger partial charge in [0.25, 0.3) is 0 Å². The molecule has 0 aliphatic carbocycles. The molecule has 1 heterocycles. The molecule has 1 aromatic heterocycles. The SMILES string of the molecule is CCCSCc1nc(C)c(CN)c(C)n1. The number of rotatable bonds is 5. The molecule has 0 atom stereocenters. The summed E-state index contributed by atoms with van der Waals surface area (Å²) in [5, 5.41) is 0. The van der Waals surface area contributed by atoms with Crippen LogP contribution >= 0.6 is 11.8 Å². The predicted octanol–water partition coefficient (Wildman–Crippen LogP) is 2.20. The van der Waals surface area contributed by atoms with E-state index in [1.165, 1.54) is 12.2 Å². The van der Waals surface area contributed by atoms with Crippen molar-refractivity contribution in [2.75, 3.05) is 5.75 Å². The molecule has 1 rings (SSSR count). The number of nitrogens with zero attached hydrogens (tertiary/aromatic N) is 2. The summed E-state index contributed by atoms with van der Waals surface area (Å²) in [4.78, 5) is 8.93. The van der Waals surface area contributed by atoms with Crippen LogP contribution in [0.4, 0.5) is 0 Å². The molecule has 84 valence electrons. The highest BCUT2D eigenvalue weighted by atomic mass is 32.2. The normalized spacial score (nSPS) is 10.7. The fourth-order valence-electron chi connectivity index (χ4n) is 1.48. The van der Waals surface area contributed by atoms with Crippen molar-refractivity contribution in [2.45, 2.75) is 39.5 Å². The van der Waals surface area contributed by atoms with E-state index in [1.54, 1.807) is 0 Å². The molecule has 0 fully saturated rings. The first-order chi connectivity index (χ1) is 7.19. The standard InChI is InChI=1S/C11H19N3S/c1-4-5-15-7-11-13-8(2)10(6-12)9(3)14-11/h4-7,12H2,1-3H3. The van der Waals surface area contributed by atoms with Gasteiger partial charge in [-0.25, -0.2) is 9.97 Å². The van der Waals surface area contributed by atoms with Gasteiger partial charge in [0.05, 0.1) is 5.75 Å². The average molecular weight is 225 g/mol. The zero-order chi connectivity index (χ0) is 11.3. The van der Waals surface area contributed by atoms with Gasteiger partial charge in [-0.05, 0) is 26.0 Å². The highest BCUT2D eigenvalue weighted by Crippen LogP contribution is 2.14. The largest absolute Gasteiger partial charge is 0.326 e. The van der Waals surface area contributed by atoms with Crippen molar-refractivity contribution < 1.29 is 0 Å². The Morgan fingerprint density at radius 2 is 1.80 bits per heavy atom. The Kier molecular flexibility index (Phi) is 5.05. The third-order valence-corrected chi connectivity index (χ3v) is 3.41. The van der Waals surface area contributed by atoms with Gasteiger partial charge in [0.2, 0.25) is 0 Å². The minimum absolute atomic E-state index is 0.528. The van der Waals surface area contributed by atoms with E-state index in [9.17, 15) is 0 Å². The molecule has 0 radical (unpaired) electrons. The number of aryl methyl sites for hydroxylation is 2. The first-order valence-electron chi connectivity index (χ1n) is 5.29. The molecule has 15 heavy (non-hydrogen) atoms. The van der Waals surface area contributed by atoms with Crippen molar-refractivity contribution >= 4 is 11.8 Å². The van der Waals surface area contributed by atoms with Gasteiger partial charge in [-0.3, -0.25) is 0 Å². The van der Waals surface area contributed by atoms with Gasteiger partial charge in [-0.15, -0.1) is 0 Å². The zero-order valence-electron chi connectivity index (χ0n) is 9.71. The summed E-state index contributed by atoms with van der Waals surface area (Å²) >= 11 is 1.88. The molecule has 0 saturated carbocycles. The number of hydrogen-bond acceptors (Lipinski definition) is 4. The summed E-state index contributed by atoms with van der Waals surface area (Å²) in [6.45, 7) is 6.72. The van der Waals surface area contributed by atoms with Gasteiger partial charge in [0, 0.05) is 23.5 Å². The molecular formula is C11H19N3S. The zero-order valence-corrected chi connectivity index (χ0v) is 10.5. The second-order valence-electron chi connectivity index (χ2n) is 3.55. The van der Waals surface area contributed by atoms with Crippen LogP contribution in [-0.4, -0.2) is 15.7 Å². The van der Waals surface area contributed by atoms with Crippen LogP contribution in [0.5, 0.6) is 0 Å². The van der Waals surface area contributed by atoms with E-state index in [0.717, 1.165) is 28.5 Å². The second kappa shape index (κ2) is 6.08. The van der Waals surface area contributed by atoms with Crippen LogP contribution in [0.15, 0.2) is 0 Å². The van der Waals surface area contributed by atoms with Crippen molar-refractivity contribution in [3.63, 3.8) is 0 Å². The molecule has 0 amide bonds. The van der Waals surface area contributed by atoms with Crippen LogP contribution < -0.4 is 5.73 Å². The maximum absolute atomic E-state index is 5.64. The Bertz CT molecular complexity index is 303. The van der Waals surface area contributed by atoms with Gasteiger partial charge < -0.3 is 5.73 Å². The lowest BCUT2D eigenvalue weighted by Crippen LogP contribution is -2.08. The molecule has 0 unspecified atom stereocenters. The van der Waals surface area contributed by atoms with E-state index in [2.05, 4.69) is 16.9 Å². The smallest absolute Gasteiger partial charge is 0.138 e. The van der Waals surface area contributed by atoms with Gasteiger partial charge in [0.15, 0.2) is 0 Å². The van der Waals surface area contributed by atoms with E-state index in [-0.39, 0.29) is 0 Å². The van der Waals surface area contributed by atoms with Crippen LogP contribution in [0.1, 0.15) is 36.1 Å². The minimum atomic E-state index is 0.528. The molecule has 1 aromatic rings. The number of thioether (sulfide) groups is 1. The van der Waals surface area contributed by atoms with Crippen molar-refractivity contribution in [1.29, 1.82) is 0 Å². The fourth-order valence-corrected chi connectivity index (χ4v) is 2.22. The number of aromatic nitrogens is 2. The Morgan fingerprint density at radius 1 is 1.20 bits per heavy atom. The summed E-state index contributed by atoms with van der Waals surface area (Å²) < 4.78 is 0. The summed E-state index contributed by atoms with van der Waals surface area (Å²) in [7, 11) is 0. The summed E-state index contributed by atoms with van der Waals surface area (Å²) in [5.41, 5.74) is 8.77. The topological polar surface area (TPSA) is 51.8 Å². The monoisotopic (exact) mass is 225 g/mol. The van der Waals surface area contributed by atoms with Crippen molar-refractivity contribution in [3.05, 3.63) is 22.8 Å². The maximum atomic E-state index is 5.64. The molecule has 0 bridgehead atoms. The summed E-state index contributed by atoms with van der Waals surface area (Å²) in [6.07, 6.45) is 1.20. The second-order valence-corrected chi connectivity index (χ2v) is 4.65. The molecule has 0 aromatic carbocycles. The third-order valence-electron chi connectivity index (χ3n) is 2.25. The molecule has 0 aliphatic heterocycles. The van der Waals surface area contributed by atoms with Crippen molar-refractivity contribution in [3.8, 4) is 0 Å². The Balaban J connectivity index is 2.75. The van der Waals surface area contributed by atoms with Crippen LogP contribution in [0.25, 0.3) is 0 Å². The Hall–Kier alpha value is -0.610. The Labute approximate surface area is 95.9 Å². The van der Waals surface area contributed by atoms with E-state index in [1.807, 2.05) is 25.6 Å². The predicted molar refractivity (Wildman–Crippen MR) is 65.9 cm³/mol. The van der Waals surface area contributed by atoms with Gasteiger partial charge in [-0.1, -0.05) is 6.92 Å². The highest BCUT2D eigenvalue weighted by Gasteiger charge is 2.06. The maximum Gasteiger partial charge on any atom is 0.138 e. The fraction of sp³-hybridized carbons (Fsp3) is 0.636. The highest BCUT2D eigenvalue weighted by molar-refractivity contribution is 7.98. The lowest BCUT2D eigenvalue weighted by molar-refractivity contribution is 0.890. The number of nitrogens with two attached hydrogens (primary N) is 1. The van der Waals surface area contributed by atoms with E-state index >= 15 is 0 Å². The van der Waals surface area contributed by atoms with Gasteiger partial charge in [0.1, 0.15) is 5.82 Å². The van der Waals surface area contributed by atoms with Gasteiger partial charge >= 0.3 is 0 Å². The van der Waals surface area contributed by atoms with Crippen LogP contribution in [0.3, 0.4) is 0 Å². The van der Waals surface area contributed by atoms with Crippen molar-refractivity contribution in [1.82, 2.24) is 9.97 Å². The molecule has 0 aliphatic rings. The van der Waals surface area contributed by atoms with E-state index in [0.29, 0.717) is 6.54 Å². The molecule has 2 N–H and O–H groups in total. The summed E-state index contributed by atoms with van der Waals surface area (Å²) in [6, 6.07) is 0. The van der Waals surface area contributed by atoms with Crippen molar-refractivity contribution in [2.24, 2.45) is 5.73 Å². The van der Waals surface area contributed by atoms with Crippen LogP contribution in [-0.2, 0) is 12.3 Å². The number of hydrogen-bond donors (Lipinski definition) is 1. The lowest BCUT2D eigenvalue weighted by Gasteiger charge is -2.08. The molecule has 0 spiro atoms. The van der Waals surface area contributed by atoms with Gasteiger partial charge in [-0.2, -0.15) is 11.8 Å². The first kappa shape index (κ1) is 12.5. The van der Waals surface area contributed by atoms with Crippen LogP contribution in [0, 0.1) is 13.8 Å². The average Bonchev–Trinajstić information content (AvgIpc) is 2.18. The Morgan fingerprint density at radius 3 is 2.27 bits per heavy atom. The quantitative estimate of drug-likeness (QED) is 0.780. The minimum Gasteiger partial charge on any atom is -0.326 e. The van der Waals surface area contributed by atoms with E-state index in [4.69, 9.17) is 5.73 Å². The molecular weight excluding hydrogens is 206 g/mol. The lowest BCUT2D eigenvalue weighted by atomic mass is 10.2. The van der Waals surface area contributed by atoms with E-state index < -0.39 is 0 Å². The first-order valence-corrected chi connectivity index (χ1v) is 6.45. The molecule has 4 heteroatoms. The van der Waals surface area contributed by atoms with Crippen LogP contribution in [0.2, 0.25) is 0 Å². The summed E-state index contributed by atoms with van der Waals surface area (Å²) in [5.74, 6) is 3.00. The third kappa shape index (κ3) is 3.47. The molecule has 3 nitrogen and oxygen atoms in total.